The molecule has 8 heteroatoms. The Bertz CT molecular complexity index is 806. The smallest absolute Gasteiger partial charge is 0.326 e. The summed E-state index contributed by atoms with van der Waals surface area (Å²) in [5, 5.41) is 9.34. The summed E-state index contributed by atoms with van der Waals surface area (Å²) in [4.78, 5) is 25.7. The van der Waals surface area contributed by atoms with Crippen LogP contribution in [0, 0.1) is 5.92 Å². The Morgan fingerprint density at radius 3 is 2.37 bits per heavy atom. The van der Waals surface area contributed by atoms with Gasteiger partial charge in [-0.15, -0.1) is 0 Å². The molecule has 2 heterocycles. The van der Waals surface area contributed by atoms with Gasteiger partial charge in [-0.05, 0) is 62.3 Å². The Hall–Kier alpha value is -1.93. The van der Waals surface area contributed by atoms with Crippen LogP contribution in [0.5, 0.6) is 0 Å². The highest BCUT2D eigenvalue weighted by Gasteiger charge is 2.33. The van der Waals surface area contributed by atoms with Crippen LogP contribution >= 0.6 is 0 Å². The van der Waals surface area contributed by atoms with Gasteiger partial charge in [0.1, 0.15) is 6.04 Å². The summed E-state index contributed by atoms with van der Waals surface area (Å²) in [6.45, 7) is 3.47. The predicted octanol–water partition coefficient (Wildman–Crippen LogP) is 2.19. The van der Waals surface area contributed by atoms with Crippen LogP contribution in [0.3, 0.4) is 0 Å². The van der Waals surface area contributed by atoms with Gasteiger partial charge in [-0.25, -0.2) is 13.2 Å². The van der Waals surface area contributed by atoms with Crippen LogP contribution in [0.1, 0.15) is 49.4 Å². The predicted molar refractivity (Wildman–Crippen MR) is 99.9 cm³/mol. The highest BCUT2D eigenvalue weighted by molar-refractivity contribution is 7.89. The number of benzene rings is 1. The summed E-state index contributed by atoms with van der Waals surface area (Å²) in [6.07, 6.45) is 3.88. The molecule has 2 saturated heterocycles. The topological polar surface area (TPSA) is 95.0 Å². The molecule has 0 bridgehead atoms. The van der Waals surface area contributed by atoms with Crippen molar-refractivity contribution in [1.29, 1.82) is 0 Å². The number of hydrogen-bond donors (Lipinski definition) is 1. The number of hydrogen-bond acceptors (Lipinski definition) is 4. The van der Waals surface area contributed by atoms with E-state index in [1.165, 1.54) is 33.5 Å². The van der Waals surface area contributed by atoms with Gasteiger partial charge in [-0.1, -0.05) is 6.92 Å². The molecule has 1 aromatic rings. The van der Waals surface area contributed by atoms with Crippen LogP contribution in [0.25, 0.3) is 0 Å². The maximum absolute atomic E-state index is 12.8. The van der Waals surface area contributed by atoms with Crippen LogP contribution < -0.4 is 0 Å². The molecule has 2 aliphatic rings. The summed E-state index contributed by atoms with van der Waals surface area (Å²) < 4.78 is 27.1. The van der Waals surface area contributed by atoms with E-state index in [1.807, 2.05) is 6.92 Å². The highest BCUT2D eigenvalue weighted by atomic mass is 32.2. The molecule has 148 valence electrons. The van der Waals surface area contributed by atoms with Gasteiger partial charge < -0.3 is 10.0 Å². The zero-order valence-electron chi connectivity index (χ0n) is 15.5. The first-order chi connectivity index (χ1) is 12.8. The van der Waals surface area contributed by atoms with E-state index >= 15 is 0 Å². The van der Waals surface area contributed by atoms with Crippen LogP contribution in [0.4, 0.5) is 0 Å². The van der Waals surface area contributed by atoms with Crippen molar-refractivity contribution in [1.82, 2.24) is 9.21 Å². The van der Waals surface area contributed by atoms with E-state index in [-0.39, 0.29) is 10.8 Å². The number of piperidine rings is 2. The van der Waals surface area contributed by atoms with Gasteiger partial charge in [-0.3, -0.25) is 4.79 Å². The van der Waals surface area contributed by atoms with Gasteiger partial charge in [0.05, 0.1) is 4.90 Å². The summed E-state index contributed by atoms with van der Waals surface area (Å²) in [5.41, 5.74) is 0.314. The number of amides is 1. The third-order valence-electron chi connectivity index (χ3n) is 5.41. The number of carbonyl (C=O) groups excluding carboxylic acids is 1. The third-order valence-corrected chi connectivity index (χ3v) is 7.29. The van der Waals surface area contributed by atoms with Gasteiger partial charge >= 0.3 is 5.97 Å². The molecule has 1 N–H and O–H groups in total. The van der Waals surface area contributed by atoms with E-state index < -0.39 is 22.0 Å². The number of sulfonamides is 1. The number of carboxylic acid groups (broad SMARTS) is 1. The Labute approximate surface area is 160 Å². The van der Waals surface area contributed by atoms with Crippen molar-refractivity contribution in [3.63, 3.8) is 0 Å². The Morgan fingerprint density at radius 2 is 1.74 bits per heavy atom. The monoisotopic (exact) mass is 394 g/mol. The minimum atomic E-state index is -3.57. The minimum absolute atomic E-state index is 0.168. The molecular weight excluding hydrogens is 368 g/mol. The van der Waals surface area contributed by atoms with Crippen molar-refractivity contribution in [2.24, 2.45) is 5.92 Å². The lowest BCUT2D eigenvalue weighted by atomic mass is 10.0. The van der Waals surface area contributed by atoms with Gasteiger partial charge in [0, 0.05) is 25.2 Å². The van der Waals surface area contributed by atoms with Crippen molar-refractivity contribution in [3.05, 3.63) is 29.8 Å². The van der Waals surface area contributed by atoms with E-state index in [0.717, 1.165) is 25.7 Å². The van der Waals surface area contributed by atoms with E-state index in [4.69, 9.17) is 0 Å². The molecule has 1 aromatic carbocycles. The number of carboxylic acids is 1. The molecule has 0 spiro atoms. The second kappa shape index (κ2) is 7.98. The fourth-order valence-corrected chi connectivity index (χ4v) is 5.48. The van der Waals surface area contributed by atoms with Crippen molar-refractivity contribution in [2.45, 2.75) is 50.0 Å². The first kappa shape index (κ1) is 19.8. The molecule has 2 aliphatic heterocycles. The zero-order chi connectivity index (χ0) is 19.6. The highest BCUT2D eigenvalue weighted by Crippen LogP contribution is 2.25. The molecule has 1 amide bonds. The molecule has 0 radical (unpaired) electrons. The van der Waals surface area contributed by atoms with Crippen LogP contribution in [-0.4, -0.2) is 60.3 Å². The van der Waals surface area contributed by atoms with Crippen molar-refractivity contribution >= 4 is 21.9 Å². The van der Waals surface area contributed by atoms with Crippen LogP contribution in [0.2, 0.25) is 0 Å². The fraction of sp³-hybridized carbons (Fsp3) is 0.579. The summed E-state index contributed by atoms with van der Waals surface area (Å²) >= 11 is 0. The SMILES string of the molecule is CC1CCCN(S(=O)(=O)c2ccc(C(=O)N3CCCC[C@@H]3C(=O)O)cc2)C1. The van der Waals surface area contributed by atoms with Gasteiger partial charge in [0.2, 0.25) is 10.0 Å². The minimum Gasteiger partial charge on any atom is -0.480 e. The van der Waals surface area contributed by atoms with Gasteiger partial charge in [0.25, 0.3) is 5.91 Å². The molecule has 1 unspecified atom stereocenters. The number of carbonyl (C=O) groups is 2. The molecule has 3 rings (SSSR count). The first-order valence-electron chi connectivity index (χ1n) is 9.44. The Balaban J connectivity index is 1.78. The summed E-state index contributed by atoms with van der Waals surface area (Å²) in [6, 6.07) is 5.04. The quantitative estimate of drug-likeness (QED) is 0.845. The van der Waals surface area contributed by atoms with Crippen molar-refractivity contribution in [3.8, 4) is 0 Å². The fourth-order valence-electron chi connectivity index (χ4n) is 3.88. The second-order valence-corrected chi connectivity index (χ2v) is 9.42. The van der Waals surface area contributed by atoms with Gasteiger partial charge in [-0.2, -0.15) is 4.31 Å². The lowest BCUT2D eigenvalue weighted by Crippen LogP contribution is -2.48. The molecule has 7 nitrogen and oxygen atoms in total. The summed E-state index contributed by atoms with van der Waals surface area (Å²) in [7, 11) is -3.57. The molecular formula is C19H26N2O5S. The molecule has 27 heavy (non-hydrogen) atoms. The lowest BCUT2D eigenvalue weighted by Gasteiger charge is -2.33. The van der Waals surface area contributed by atoms with Crippen molar-refractivity contribution in [2.75, 3.05) is 19.6 Å². The molecule has 2 fully saturated rings. The van der Waals surface area contributed by atoms with Crippen molar-refractivity contribution < 1.29 is 23.1 Å². The maximum Gasteiger partial charge on any atom is 0.326 e. The average molecular weight is 394 g/mol. The lowest BCUT2D eigenvalue weighted by molar-refractivity contribution is -0.143. The normalized spacial score (nSPS) is 24.6. The molecule has 2 atom stereocenters. The molecule has 0 aromatic heterocycles. The van der Waals surface area contributed by atoms with E-state index in [9.17, 15) is 23.1 Å². The Kier molecular flexibility index (Phi) is 5.86. The third kappa shape index (κ3) is 4.16. The van der Waals surface area contributed by atoms with E-state index in [0.29, 0.717) is 37.5 Å². The van der Waals surface area contributed by atoms with E-state index in [1.54, 1.807) is 0 Å². The average Bonchev–Trinajstić information content (AvgIpc) is 2.67. The number of aliphatic carboxylic acids is 1. The molecule has 0 saturated carbocycles. The maximum atomic E-state index is 12.8. The summed E-state index contributed by atoms with van der Waals surface area (Å²) in [5.74, 6) is -1.03. The van der Waals surface area contributed by atoms with Crippen LogP contribution in [0.15, 0.2) is 29.2 Å². The van der Waals surface area contributed by atoms with Crippen LogP contribution in [-0.2, 0) is 14.8 Å². The molecule has 0 aliphatic carbocycles. The first-order valence-corrected chi connectivity index (χ1v) is 10.9. The number of nitrogens with zero attached hydrogens (tertiary/aromatic N) is 2. The second-order valence-electron chi connectivity index (χ2n) is 7.48. The Morgan fingerprint density at radius 1 is 1.04 bits per heavy atom. The van der Waals surface area contributed by atoms with E-state index in [2.05, 4.69) is 0 Å². The largest absolute Gasteiger partial charge is 0.480 e. The van der Waals surface area contributed by atoms with Gasteiger partial charge in [0.15, 0.2) is 0 Å². The zero-order valence-corrected chi connectivity index (χ0v) is 16.3. The standard InChI is InChI=1S/C19H26N2O5S/c1-14-5-4-11-20(13-14)27(25,26)16-9-7-15(8-10-16)18(22)21-12-3-2-6-17(21)19(23)24/h7-10,14,17H,2-6,11-13H2,1H3,(H,23,24)/t14?,17-/m1/s1. The number of likely N-dealkylation sites (tertiary alicyclic amines) is 1. The number of rotatable bonds is 4.